The largest absolute Gasteiger partial charge is 0.132 e. The standard InChI is InChI=1S/C26H12Br6/c27-23-14-8-2-1-7-13(14)21-19(15-9-3-5-11-17(15)25(21,29)30)20-16-10-4-6-12-18(16)26(31,32)22(20)24(23)28/h1-12H/b20-19-,21-13+,23-14+,24-22-,24-23?. The molecule has 0 bridgehead atoms. The highest BCUT2D eigenvalue weighted by Crippen LogP contribution is 2.67. The van der Waals surface area contributed by atoms with Crippen molar-refractivity contribution in [2.24, 2.45) is 0 Å². The maximum Gasteiger partial charge on any atom is 0.132 e. The average molecular weight is 804 g/mol. The minimum absolute atomic E-state index is 0.504. The van der Waals surface area contributed by atoms with Gasteiger partial charge in [0.2, 0.25) is 0 Å². The van der Waals surface area contributed by atoms with E-state index in [0.29, 0.717) is 0 Å². The summed E-state index contributed by atoms with van der Waals surface area (Å²) in [7, 11) is 0. The summed E-state index contributed by atoms with van der Waals surface area (Å²) in [6.07, 6.45) is 0. The Morgan fingerprint density at radius 2 is 0.906 bits per heavy atom. The van der Waals surface area contributed by atoms with Crippen LogP contribution in [0.5, 0.6) is 0 Å². The summed E-state index contributed by atoms with van der Waals surface area (Å²) in [5.41, 5.74) is 9.67. The molecule has 6 rings (SSSR count). The van der Waals surface area contributed by atoms with Gasteiger partial charge in [-0.15, -0.1) is 0 Å². The van der Waals surface area contributed by atoms with E-state index in [1.165, 1.54) is 44.2 Å². The second kappa shape index (κ2) is 7.63. The lowest BCUT2D eigenvalue weighted by molar-refractivity contribution is 1.18. The van der Waals surface area contributed by atoms with Crippen molar-refractivity contribution in [3.8, 4) is 0 Å². The molecular weight excluding hydrogens is 792 g/mol. The normalized spacial score (nSPS) is 27.6. The average Bonchev–Trinajstić information content (AvgIpc) is 3.16. The van der Waals surface area contributed by atoms with Crippen molar-refractivity contribution in [1.29, 1.82) is 0 Å². The van der Waals surface area contributed by atoms with Crippen molar-refractivity contribution in [2.75, 3.05) is 0 Å². The molecule has 158 valence electrons. The number of alkyl halides is 4. The predicted octanol–water partition coefficient (Wildman–Crippen LogP) is 8.53. The molecule has 0 atom stereocenters. The van der Waals surface area contributed by atoms with Gasteiger partial charge in [0.05, 0.1) is 0 Å². The number of allylic oxidation sites excluding steroid dienone is 4. The van der Waals surface area contributed by atoms with Crippen LogP contribution in [0.2, 0.25) is 0 Å². The fourth-order valence-corrected chi connectivity index (χ4v) is 9.78. The lowest BCUT2D eigenvalue weighted by Crippen LogP contribution is -2.32. The Balaban J connectivity index is 1.98. The molecule has 32 heavy (non-hydrogen) atoms. The molecule has 3 aliphatic carbocycles. The molecule has 0 fully saturated rings. The molecule has 3 aromatic rings. The summed E-state index contributed by atoms with van der Waals surface area (Å²) in [5, 5.41) is 2.32. The maximum atomic E-state index is 4.08. The molecule has 0 aliphatic heterocycles. The number of rotatable bonds is 0. The fraction of sp³-hybridized carbons (Fsp3) is 0.0769. The molecular formula is C26H12Br6. The van der Waals surface area contributed by atoms with Gasteiger partial charge in [0.25, 0.3) is 0 Å². The van der Waals surface area contributed by atoms with E-state index in [1.54, 1.807) is 0 Å². The zero-order valence-electron chi connectivity index (χ0n) is 16.2. The van der Waals surface area contributed by atoms with Gasteiger partial charge >= 0.3 is 0 Å². The van der Waals surface area contributed by atoms with Crippen molar-refractivity contribution in [1.82, 2.24) is 0 Å². The lowest BCUT2D eigenvalue weighted by atomic mass is 9.89. The van der Waals surface area contributed by atoms with E-state index >= 15 is 0 Å². The van der Waals surface area contributed by atoms with Crippen LogP contribution in [0.1, 0.15) is 22.3 Å². The van der Waals surface area contributed by atoms with Crippen LogP contribution in [-0.2, 0) is 6.47 Å². The van der Waals surface area contributed by atoms with Crippen molar-refractivity contribution in [2.45, 2.75) is 6.47 Å². The molecule has 0 nitrogen and oxygen atoms in total. The van der Waals surface area contributed by atoms with Crippen LogP contribution in [0.4, 0.5) is 0 Å². The topological polar surface area (TPSA) is 0 Å². The first-order valence-electron chi connectivity index (χ1n) is 9.87. The molecule has 6 heteroatoms. The summed E-state index contributed by atoms with van der Waals surface area (Å²) >= 11 is 24.2. The van der Waals surface area contributed by atoms with Crippen LogP contribution < -0.4 is 10.4 Å². The van der Waals surface area contributed by atoms with Gasteiger partial charge in [0.1, 0.15) is 6.47 Å². The van der Waals surface area contributed by atoms with Gasteiger partial charge in [-0.1, -0.05) is 137 Å². The monoisotopic (exact) mass is 798 g/mol. The number of hydrogen-bond acceptors (Lipinski definition) is 0. The van der Waals surface area contributed by atoms with Gasteiger partial charge in [0.15, 0.2) is 0 Å². The van der Waals surface area contributed by atoms with Crippen LogP contribution >= 0.6 is 95.6 Å². The van der Waals surface area contributed by atoms with Crippen LogP contribution in [0.3, 0.4) is 0 Å². The molecule has 0 amide bonds. The van der Waals surface area contributed by atoms with Gasteiger partial charge in [-0.3, -0.25) is 0 Å². The molecule has 3 aliphatic rings. The van der Waals surface area contributed by atoms with Gasteiger partial charge in [-0.2, -0.15) is 0 Å². The molecule has 0 heterocycles. The molecule has 3 aromatic carbocycles. The summed E-state index contributed by atoms with van der Waals surface area (Å²) in [6.45, 7) is 0. The van der Waals surface area contributed by atoms with Crippen molar-refractivity contribution in [3.05, 3.63) is 116 Å². The van der Waals surface area contributed by atoms with Gasteiger partial charge in [0, 0.05) is 20.1 Å². The maximum absolute atomic E-state index is 4.08. The summed E-state index contributed by atoms with van der Waals surface area (Å²) in [4.78, 5) is 0. The fourth-order valence-electron chi connectivity index (χ4n) is 4.99. The van der Waals surface area contributed by atoms with Crippen LogP contribution in [0, 0.1) is 0 Å². The van der Waals surface area contributed by atoms with Crippen LogP contribution in [0.25, 0.3) is 21.2 Å². The van der Waals surface area contributed by atoms with E-state index in [2.05, 4.69) is 168 Å². The van der Waals surface area contributed by atoms with Gasteiger partial charge in [-0.25, -0.2) is 0 Å². The summed E-state index contributed by atoms with van der Waals surface area (Å²) in [5.74, 6) is 0. The van der Waals surface area contributed by atoms with Crippen molar-refractivity contribution >= 4 is 117 Å². The van der Waals surface area contributed by atoms with E-state index in [1.807, 2.05) is 0 Å². The second-order valence-electron chi connectivity index (χ2n) is 7.91. The van der Waals surface area contributed by atoms with E-state index in [-0.39, 0.29) is 0 Å². The zero-order chi connectivity index (χ0) is 22.4. The minimum atomic E-state index is -0.521. The molecule has 0 spiro atoms. The minimum Gasteiger partial charge on any atom is -0.0620 e. The second-order valence-corrected chi connectivity index (χ2v) is 16.4. The molecule has 0 saturated heterocycles. The van der Waals surface area contributed by atoms with E-state index in [4.69, 9.17) is 0 Å². The molecule has 0 radical (unpaired) electrons. The first kappa shape index (κ1) is 22.2. The van der Waals surface area contributed by atoms with Gasteiger partial charge in [-0.05, 0) is 75.7 Å². The Morgan fingerprint density at radius 1 is 0.469 bits per heavy atom. The molecule has 0 unspecified atom stereocenters. The van der Waals surface area contributed by atoms with Gasteiger partial charge < -0.3 is 0 Å². The smallest absolute Gasteiger partial charge is 0.0620 e. The lowest BCUT2D eigenvalue weighted by Gasteiger charge is -2.24. The number of benzene rings is 3. The number of halogens is 6. The van der Waals surface area contributed by atoms with Crippen LogP contribution in [0.15, 0.2) is 82.9 Å². The molecule has 0 N–H and O–H groups in total. The van der Waals surface area contributed by atoms with E-state index < -0.39 is 6.47 Å². The first-order valence-corrected chi connectivity index (χ1v) is 14.6. The predicted molar refractivity (Wildman–Crippen MR) is 156 cm³/mol. The Bertz CT molecular complexity index is 1540. The van der Waals surface area contributed by atoms with E-state index in [9.17, 15) is 0 Å². The van der Waals surface area contributed by atoms with Crippen molar-refractivity contribution in [3.63, 3.8) is 0 Å². The van der Waals surface area contributed by atoms with Crippen molar-refractivity contribution < 1.29 is 0 Å². The highest BCUT2D eigenvalue weighted by molar-refractivity contribution is 9.25. The Hall–Kier alpha value is -0.240. The summed E-state index contributed by atoms with van der Waals surface area (Å²) < 4.78 is 1.02. The summed E-state index contributed by atoms with van der Waals surface area (Å²) in [6, 6.07) is 25.8. The Labute approximate surface area is 236 Å². The quantitative estimate of drug-likeness (QED) is 0.200. The number of fused-ring (bicyclic) bond motifs is 7. The molecule has 0 aromatic heterocycles. The van der Waals surface area contributed by atoms with E-state index in [0.717, 1.165) is 19.8 Å². The Kier molecular flexibility index (Phi) is 5.30. The third kappa shape index (κ3) is 2.86. The Morgan fingerprint density at radius 3 is 1.50 bits per heavy atom. The highest BCUT2D eigenvalue weighted by atomic mass is 79.9. The molecule has 0 saturated carbocycles. The zero-order valence-corrected chi connectivity index (χ0v) is 25.7. The SMILES string of the molecule is BrC1=C2/C(=C3\C(=c4\cccc\c4=C\1Br)C(Br)(Br)c1ccccc13)c1ccccc1C2(Br)Br. The first-order chi connectivity index (χ1) is 15.3. The highest BCUT2D eigenvalue weighted by Gasteiger charge is 2.50. The third-order valence-electron chi connectivity index (χ3n) is 6.29. The number of hydrogen-bond donors (Lipinski definition) is 0. The van der Waals surface area contributed by atoms with Crippen LogP contribution in [-0.4, -0.2) is 0 Å². The third-order valence-corrected chi connectivity index (χ3v) is 11.7.